The molecular weight excluding hydrogens is 168 g/mol. The number of aryl methyl sites for hydroxylation is 1. The quantitative estimate of drug-likeness (QED) is 0.756. The molecule has 0 saturated carbocycles. The molecule has 0 atom stereocenters. The summed E-state index contributed by atoms with van der Waals surface area (Å²) in [6.07, 6.45) is 4.07. The molecule has 0 bridgehead atoms. The minimum absolute atomic E-state index is 0.282. The topological polar surface area (TPSA) is 50.4 Å². The zero-order valence-electron chi connectivity index (χ0n) is 7.70. The summed E-state index contributed by atoms with van der Waals surface area (Å²) in [6, 6.07) is 1.66. The lowest BCUT2D eigenvalue weighted by Gasteiger charge is -2.00. The molecule has 0 fully saturated rings. The Morgan fingerprint density at radius 3 is 2.85 bits per heavy atom. The van der Waals surface area contributed by atoms with Crippen molar-refractivity contribution < 1.29 is 9.52 Å². The molecule has 0 aliphatic carbocycles. The maximum atomic E-state index is 11.0. The van der Waals surface area contributed by atoms with Crippen LogP contribution in [0.5, 0.6) is 5.75 Å². The maximum absolute atomic E-state index is 11.0. The first-order chi connectivity index (χ1) is 6.19. The van der Waals surface area contributed by atoms with E-state index in [0.717, 1.165) is 0 Å². The van der Waals surface area contributed by atoms with Crippen LogP contribution in [0.15, 0.2) is 21.4 Å². The second-order valence-corrected chi connectivity index (χ2v) is 2.66. The Balaban J connectivity index is 3.30. The summed E-state index contributed by atoms with van der Waals surface area (Å²) in [5.74, 6) is 0.193. The van der Waals surface area contributed by atoms with Crippen molar-refractivity contribution in [3.05, 3.63) is 33.9 Å². The van der Waals surface area contributed by atoms with Gasteiger partial charge in [0.15, 0.2) is 0 Å². The van der Waals surface area contributed by atoms with Crippen molar-refractivity contribution in [1.82, 2.24) is 0 Å². The lowest BCUT2D eigenvalue weighted by molar-refractivity contribution is 0.403. The van der Waals surface area contributed by atoms with Gasteiger partial charge < -0.3 is 9.52 Å². The van der Waals surface area contributed by atoms with Crippen molar-refractivity contribution in [2.24, 2.45) is 0 Å². The Kier molecular flexibility index (Phi) is 2.90. The lowest BCUT2D eigenvalue weighted by atomic mass is 10.2. The van der Waals surface area contributed by atoms with E-state index in [4.69, 9.17) is 4.42 Å². The highest BCUT2D eigenvalue weighted by Crippen LogP contribution is 2.14. The molecule has 1 aromatic heterocycles. The Hall–Kier alpha value is -1.51. The van der Waals surface area contributed by atoms with Crippen LogP contribution in [0, 0.1) is 0 Å². The summed E-state index contributed by atoms with van der Waals surface area (Å²) >= 11 is 0. The Bertz CT molecular complexity index is 374. The van der Waals surface area contributed by atoms with Crippen LogP contribution in [0.1, 0.15) is 25.2 Å². The Morgan fingerprint density at radius 1 is 1.62 bits per heavy atom. The van der Waals surface area contributed by atoms with Crippen LogP contribution in [-0.2, 0) is 6.42 Å². The van der Waals surface area contributed by atoms with Crippen LogP contribution in [0.25, 0.3) is 6.08 Å². The predicted octanol–water partition coefficient (Wildman–Crippen LogP) is 1.94. The van der Waals surface area contributed by atoms with Crippen LogP contribution in [0.4, 0.5) is 0 Å². The smallest absolute Gasteiger partial charge is 0.379 e. The molecule has 3 heteroatoms. The van der Waals surface area contributed by atoms with Gasteiger partial charge in [0.1, 0.15) is 5.76 Å². The first-order valence-electron chi connectivity index (χ1n) is 4.17. The van der Waals surface area contributed by atoms with Crippen molar-refractivity contribution >= 4 is 6.08 Å². The van der Waals surface area contributed by atoms with Gasteiger partial charge in [-0.3, -0.25) is 0 Å². The highest BCUT2D eigenvalue weighted by molar-refractivity contribution is 5.45. The second-order valence-electron chi connectivity index (χ2n) is 2.66. The maximum Gasteiger partial charge on any atom is 0.379 e. The van der Waals surface area contributed by atoms with Gasteiger partial charge in [-0.15, -0.1) is 0 Å². The summed E-state index contributed by atoms with van der Waals surface area (Å²) in [6.45, 7) is 3.70. The third-order valence-electron chi connectivity index (χ3n) is 1.74. The fraction of sp³-hybridized carbons (Fsp3) is 0.300. The number of hydrogen-bond acceptors (Lipinski definition) is 3. The molecule has 0 unspecified atom stereocenters. The number of allylic oxidation sites excluding steroid dienone is 1. The molecule has 1 heterocycles. The fourth-order valence-corrected chi connectivity index (χ4v) is 1.07. The van der Waals surface area contributed by atoms with E-state index in [-0.39, 0.29) is 5.75 Å². The van der Waals surface area contributed by atoms with Gasteiger partial charge in [-0.05, 0) is 25.5 Å². The molecule has 0 spiro atoms. The summed E-state index contributed by atoms with van der Waals surface area (Å²) in [5.41, 5.74) is -0.0585. The van der Waals surface area contributed by atoms with Gasteiger partial charge in [-0.25, -0.2) is 4.79 Å². The van der Waals surface area contributed by atoms with E-state index < -0.39 is 5.63 Å². The first-order valence-corrected chi connectivity index (χ1v) is 4.17. The summed E-state index contributed by atoms with van der Waals surface area (Å²) < 4.78 is 4.80. The van der Waals surface area contributed by atoms with E-state index in [2.05, 4.69) is 0 Å². The summed E-state index contributed by atoms with van der Waals surface area (Å²) in [7, 11) is 0. The highest BCUT2D eigenvalue weighted by Gasteiger charge is 2.06. The zero-order chi connectivity index (χ0) is 9.84. The fourth-order valence-electron chi connectivity index (χ4n) is 1.07. The third-order valence-corrected chi connectivity index (χ3v) is 1.74. The van der Waals surface area contributed by atoms with Gasteiger partial charge in [-0.2, -0.15) is 0 Å². The van der Waals surface area contributed by atoms with Crippen LogP contribution >= 0.6 is 0 Å². The molecule has 0 saturated heterocycles. The molecule has 1 N–H and O–H groups in total. The SMILES string of the molecule is C/C=C/c1cc(CC)c(O)c(=O)o1. The van der Waals surface area contributed by atoms with Gasteiger partial charge in [-0.1, -0.05) is 13.0 Å². The summed E-state index contributed by atoms with van der Waals surface area (Å²) in [5, 5.41) is 9.26. The first kappa shape index (κ1) is 9.58. The Labute approximate surface area is 76.3 Å². The van der Waals surface area contributed by atoms with Gasteiger partial charge >= 0.3 is 5.63 Å². The molecule has 0 aliphatic rings. The minimum atomic E-state index is -0.674. The zero-order valence-corrected chi connectivity index (χ0v) is 7.70. The van der Waals surface area contributed by atoms with Gasteiger partial charge in [0.2, 0.25) is 5.75 Å². The molecule has 0 amide bonds. The van der Waals surface area contributed by atoms with E-state index in [1.54, 1.807) is 18.2 Å². The van der Waals surface area contributed by atoms with Gasteiger partial charge in [0.25, 0.3) is 0 Å². The molecule has 3 nitrogen and oxygen atoms in total. The van der Waals surface area contributed by atoms with Crippen molar-refractivity contribution in [2.75, 3.05) is 0 Å². The molecule has 1 aromatic rings. The van der Waals surface area contributed by atoms with E-state index in [0.29, 0.717) is 17.7 Å². The molecular formula is C10H12O3. The van der Waals surface area contributed by atoms with Crippen molar-refractivity contribution in [2.45, 2.75) is 20.3 Å². The van der Waals surface area contributed by atoms with Crippen molar-refractivity contribution in [1.29, 1.82) is 0 Å². The van der Waals surface area contributed by atoms with Crippen LogP contribution in [-0.4, -0.2) is 5.11 Å². The van der Waals surface area contributed by atoms with Gasteiger partial charge in [0, 0.05) is 5.56 Å². The van der Waals surface area contributed by atoms with E-state index >= 15 is 0 Å². The van der Waals surface area contributed by atoms with Gasteiger partial charge in [0.05, 0.1) is 0 Å². The van der Waals surface area contributed by atoms with E-state index in [1.165, 1.54) is 0 Å². The normalized spacial score (nSPS) is 10.9. The third kappa shape index (κ3) is 1.99. The molecule has 0 aromatic carbocycles. The molecule has 13 heavy (non-hydrogen) atoms. The van der Waals surface area contributed by atoms with Crippen molar-refractivity contribution in [3.63, 3.8) is 0 Å². The van der Waals surface area contributed by atoms with Crippen molar-refractivity contribution in [3.8, 4) is 5.75 Å². The standard InChI is InChI=1S/C10H12O3/c1-3-5-8-6-7(4-2)9(11)10(12)13-8/h3,5-6,11H,4H2,1-2H3/b5-3+. The number of hydrogen-bond donors (Lipinski definition) is 1. The predicted molar refractivity (Wildman–Crippen MR) is 50.7 cm³/mol. The average molecular weight is 180 g/mol. The summed E-state index contributed by atoms with van der Waals surface area (Å²) in [4.78, 5) is 11.0. The van der Waals surface area contributed by atoms with E-state index in [9.17, 15) is 9.90 Å². The van der Waals surface area contributed by atoms with Crippen LogP contribution < -0.4 is 5.63 Å². The highest BCUT2D eigenvalue weighted by atomic mass is 16.4. The second kappa shape index (κ2) is 3.94. The average Bonchev–Trinajstić information content (AvgIpc) is 2.11. The molecule has 1 rings (SSSR count). The Morgan fingerprint density at radius 2 is 2.31 bits per heavy atom. The van der Waals surface area contributed by atoms with E-state index in [1.807, 2.05) is 13.8 Å². The van der Waals surface area contributed by atoms with Crippen LogP contribution in [0.2, 0.25) is 0 Å². The monoisotopic (exact) mass is 180 g/mol. The lowest BCUT2D eigenvalue weighted by Crippen LogP contribution is -2.02. The molecule has 70 valence electrons. The number of aromatic hydroxyl groups is 1. The van der Waals surface area contributed by atoms with Crippen LogP contribution in [0.3, 0.4) is 0 Å². The molecule has 0 radical (unpaired) electrons. The largest absolute Gasteiger partial charge is 0.502 e. The minimum Gasteiger partial charge on any atom is -0.502 e. The molecule has 0 aliphatic heterocycles. The number of rotatable bonds is 2.